The van der Waals surface area contributed by atoms with E-state index in [2.05, 4.69) is 6.07 Å². The van der Waals surface area contributed by atoms with Crippen LogP contribution in [0.2, 0.25) is 0 Å². The smallest absolute Gasteiger partial charge is 0.337 e. The number of benzene rings is 1. The second-order valence-corrected chi connectivity index (χ2v) is 4.04. The Labute approximate surface area is 105 Å². The van der Waals surface area contributed by atoms with E-state index in [1.54, 1.807) is 11.8 Å². The van der Waals surface area contributed by atoms with Crippen molar-refractivity contribution in [1.29, 1.82) is 5.26 Å². The average molecular weight is 250 g/mol. The average Bonchev–Trinajstić information content (AvgIpc) is 2.35. The summed E-state index contributed by atoms with van der Waals surface area (Å²) in [6.07, 6.45) is 0. The van der Waals surface area contributed by atoms with Gasteiger partial charge in [0.25, 0.3) is 0 Å². The fraction of sp³-hybridized carbons (Fsp3) is 0.385. The molecule has 0 spiro atoms. The zero-order chi connectivity index (χ0) is 13.7. The highest BCUT2D eigenvalue weighted by atomic mass is 19.1. The number of hydrogen-bond acceptors (Lipinski definition) is 3. The number of halogens is 1. The molecule has 0 bridgehead atoms. The van der Waals surface area contributed by atoms with Crippen LogP contribution in [0.4, 0.5) is 10.1 Å². The highest BCUT2D eigenvalue weighted by Gasteiger charge is 2.17. The van der Waals surface area contributed by atoms with Crippen molar-refractivity contribution in [2.24, 2.45) is 5.92 Å². The van der Waals surface area contributed by atoms with E-state index in [0.29, 0.717) is 18.8 Å². The van der Waals surface area contributed by atoms with Gasteiger partial charge < -0.3 is 10.0 Å². The van der Waals surface area contributed by atoms with Gasteiger partial charge in [0.2, 0.25) is 0 Å². The minimum absolute atomic E-state index is 0.0815. The molecule has 1 N–H and O–H groups in total. The Kier molecular flexibility index (Phi) is 4.67. The summed E-state index contributed by atoms with van der Waals surface area (Å²) >= 11 is 0. The van der Waals surface area contributed by atoms with Crippen LogP contribution in [-0.2, 0) is 0 Å². The van der Waals surface area contributed by atoms with Crippen LogP contribution < -0.4 is 4.90 Å². The summed E-state index contributed by atoms with van der Waals surface area (Å²) in [6, 6.07) is 5.75. The molecule has 0 saturated carbocycles. The molecule has 0 aliphatic rings. The molecule has 0 aromatic heterocycles. The summed E-state index contributed by atoms with van der Waals surface area (Å²) < 4.78 is 13.1. The first-order chi connectivity index (χ1) is 8.49. The van der Waals surface area contributed by atoms with E-state index >= 15 is 0 Å². The number of carboxylic acids is 1. The maximum Gasteiger partial charge on any atom is 0.337 e. The largest absolute Gasteiger partial charge is 0.478 e. The van der Waals surface area contributed by atoms with Crippen molar-refractivity contribution in [2.45, 2.75) is 13.8 Å². The van der Waals surface area contributed by atoms with Crippen LogP contribution in [0.3, 0.4) is 0 Å². The molecular formula is C13H15FN2O2. The van der Waals surface area contributed by atoms with E-state index in [1.165, 1.54) is 12.1 Å². The summed E-state index contributed by atoms with van der Waals surface area (Å²) in [4.78, 5) is 12.9. The standard InChI is InChI=1S/C13H15FN2O2/c1-3-16(8-9(2)7-15)12-5-4-10(14)6-11(12)13(17)18/h4-6,9H,3,8H2,1-2H3,(H,17,18). The monoisotopic (exact) mass is 250 g/mol. The Balaban J connectivity index is 3.13. The number of anilines is 1. The number of hydrogen-bond donors (Lipinski definition) is 1. The Morgan fingerprint density at radius 2 is 2.28 bits per heavy atom. The summed E-state index contributed by atoms with van der Waals surface area (Å²) in [5.74, 6) is -1.98. The van der Waals surface area contributed by atoms with Crippen LogP contribution in [0.15, 0.2) is 18.2 Å². The normalized spacial score (nSPS) is 11.7. The highest BCUT2D eigenvalue weighted by molar-refractivity contribution is 5.94. The van der Waals surface area contributed by atoms with E-state index in [-0.39, 0.29) is 11.5 Å². The molecule has 1 unspecified atom stereocenters. The molecule has 96 valence electrons. The second kappa shape index (κ2) is 6.01. The van der Waals surface area contributed by atoms with Crippen molar-refractivity contribution in [3.8, 4) is 6.07 Å². The summed E-state index contributed by atoms with van der Waals surface area (Å²) in [5.41, 5.74) is 0.357. The first-order valence-electron chi connectivity index (χ1n) is 5.67. The van der Waals surface area contributed by atoms with Gasteiger partial charge in [-0.1, -0.05) is 0 Å². The van der Waals surface area contributed by atoms with Gasteiger partial charge in [0.15, 0.2) is 0 Å². The zero-order valence-corrected chi connectivity index (χ0v) is 10.4. The van der Waals surface area contributed by atoms with Gasteiger partial charge >= 0.3 is 5.97 Å². The third kappa shape index (κ3) is 3.20. The van der Waals surface area contributed by atoms with Gasteiger partial charge in [-0.3, -0.25) is 0 Å². The van der Waals surface area contributed by atoms with Gasteiger partial charge in [0, 0.05) is 13.1 Å². The molecule has 0 radical (unpaired) electrons. The van der Waals surface area contributed by atoms with E-state index < -0.39 is 11.8 Å². The maximum absolute atomic E-state index is 13.1. The lowest BCUT2D eigenvalue weighted by molar-refractivity contribution is 0.0697. The molecule has 4 nitrogen and oxygen atoms in total. The lowest BCUT2D eigenvalue weighted by Gasteiger charge is -2.25. The van der Waals surface area contributed by atoms with Crippen LogP contribution in [0.5, 0.6) is 0 Å². The molecule has 0 aliphatic carbocycles. The van der Waals surface area contributed by atoms with Gasteiger partial charge in [-0.2, -0.15) is 5.26 Å². The van der Waals surface area contributed by atoms with Crippen molar-refractivity contribution in [1.82, 2.24) is 0 Å². The second-order valence-electron chi connectivity index (χ2n) is 4.04. The Morgan fingerprint density at radius 1 is 1.61 bits per heavy atom. The van der Waals surface area contributed by atoms with Crippen LogP contribution in [0.1, 0.15) is 24.2 Å². The molecular weight excluding hydrogens is 235 g/mol. The molecule has 0 aliphatic heterocycles. The summed E-state index contributed by atoms with van der Waals surface area (Å²) in [6.45, 7) is 4.59. The van der Waals surface area contributed by atoms with Gasteiger partial charge in [0.05, 0.1) is 23.2 Å². The predicted octanol–water partition coefficient (Wildman–Crippen LogP) is 2.51. The molecule has 0 amide bonds. The van der Waals surface area contributed by atoms with Gasteiger partial charge in [-0.15, -0.1) is 0 Å². The first kappa shape index (κ1) is 14.0. The molecule has 1 aromatic carbocycles. The van der Waals surface area contributed by atoms with Gasteiger partial charge in [0.1, 0.15) is 5.82 Å². The molecule has 0 saturated heterocycles. The van der Waals surface area contributed by atoms with Crippen molar-refractivity contribution in [3.05, 3.63) is 29.6 Å². The molecule has 18 heavy (non-hydrogen) atoms. The lowest BCUT2D eigenvalue weighted by atomic mass is 10.1. The summed E-state index contributed by atoms with van der Waals surface area (Å²) in [5, 5.41) is 17.9. The van der Waals surface area contributed by atoms with E-state index in [4.69, 9.17) is 10.4 Å². The topological polar surface area (TPSA) is 64.3 Å². The fourth-order valence-corrected chi connectivity index (χ4v) is 1.72. The lowest BCUT2D eigenvalue weighted by Crippen LogP contribution is -2.29. The number of nitrogens with zero attached hydrogens (tertiary/aromatic N) is 2. The van der Waals surface area contributed by atoms with Crippen LogP contribution in [0, 0.1) is 23.1 Å². The number of carbonyl (C=O) groups is 1. The van der Waals surface area contributed by atoms with Crippen LogP contribution >= 0.6 is 0 Å². The maximum atomic E-state index is 13.1. The third-order valence-electron chi connectivity index (χ3n) is 2.63. The van der Waals surface area contributed by atoms with Gasteiger partial charge in [-0.25, -0.2) is 9.18 Å². The van der Waals surface area contributed by atoms with Crippen molar-refractivity contribution in [3.63, 3.8) is 0 Å². The number of aromatic carboxylic acids is 1. The minimum atomic E-state index is -1.17. The Hall–Kier alpha value is -2.09. The van der Waals surface area contributed by atoms with E-state index in [0.717, 1.165) is 6.07 Å². The third-order valence-corrected chi connectivity index (χ3v) is 2.63. The molecule has 0 fully saturated rings. The molecule has 1 aromatic rings. The first-order valence-corrected chi connectivity index (χ1v) is 5.67. The Morgan fingerprint density at radius 3 is 2.78 bits per heavy atom. The van der Waals surface area contributed by atoms with E-state index in [1.807, 2.05) is 6.92 Å². The Bertz CT molecular complexity index is 482. The SMILES string of the molecule is CCN(CC(C)C#N)c1ccc(F)cc1C(=O)O. The highest BCUT2D eigenvalue weighted by Crippen LogP contribution is 2.22. The minimum Gasteiger partial charge on any atom is -0.478 e. The number of rotatable bonds is 5. The fourth-order valence-electron chi connectivity index (χ4n) is 1.72. The molecule has 1 rings (SSSR count). The van der Waals surface area contributed by atoms with Crippen molar-refractivity contribution < 1.29 is 14.3 Å². The molecule has 0 heterocycles. The quantitative estimate of drug-likeness (QED) is 0.872. The van der Waals surface area contributed by atoms with Crippen molar-refractivity contribution >= 4 is 11.7 Å². The van der Waals surface area contributed by atoms with Crippen LogP contribution in [-0.4, -0.2) is 24.2 Å². The van der Waals surface area contributed by atoms with Gasteiger partial charge in [-0.05, 0) is 32.0 Å². The zero-order valence-electron chi connectivity index (χ0n) is 10.4. The number of nitriles is 1. The predicted molar refractivity (Wildman–Crippen MR) is 66.0 cm³/mol. The summed E-state index contributed by atoms with van der Waals surface area (Å²) in [7, 11) is 0. The molecule has 1 atom stereocenters. The van der Waals surface area contributed by atoms with E-state index in [9.17, 15) is 9.18 Å². The number of carboxylic acid groups (broad SMARTS) is 1. The molecule has 5 heteroatoms. The van der Waals surface area contributed by atoms with Crippen LogP contribution in [0.25, 0.3) is 0 Å². The van der Waals surface area contributed by atoms with Crippen molar-refractivity contribution in [2.75, 3.05) is 18.0 Å².